The highest BCUT2D eigenvalue weighted by atomic mass is 32.2. The molecule has 0 N–H and O–H groups in total. The first kappa shape index (κ1) is 26.7. The van der Waals surface area contributed by atoms with Crippen molar-refractivity contribution in [1.82, 2.24) is 0 Å². The van der Waals surface area contributed by atoms with E-state index in [0.717, 1.165) is 5.56 Å². The maximum Gasteiger partial charge on any atom is 0.203 e. The van der Waals surface area contributed by atoms with E-state index in [0.29, 0.717) is 45.6 Å². The second-order valence-electron chi connectivity index (χ2n) is 7.64. The molecule has 0 unspecified atom stereocenters. The molecule has 0 aliphatic carbocycles. The van der Waals surface area contributed by atoms with Crippen LogP contribution in [0.15, 0.2) is 53.4 Å². The summed E-state index contributed by atoms with van der Waals surface area (Å²) in [5.74, 6) is 2.60. The van der Waals surface area contributed by atoms with Gasteiger partial charge in [-0.2, -0.15) is 0 Å². The molecule has 0 fully saturated rings. The number of rotatable bonds is 11. The second-order valence-corrected chi connectivity index (χ2v) is 9.63. The van der Waals surface area contributed by atoms with Crippen LogP contribution in [-0.2, 0) is 15.6 Å². The van der Waals surface area contributed by atoms with Crippen LogP contribution >= 0.6 is 0 Å². The van der Waals surface area contributed by atoms with Crippen molar-refractivity contribution in [2.45, 2.75) is 10.6 Å². The highest BCUT2D eigenvalue weighted by Gasteiger charge is 2.20. The van der Waals surface area contributed by atoms with Crippen LogP contribution in [0.4, 0.5) is 0 Å². The molecule has 3 aromatic carbocycles. The third-order valence-electron chi connectivity index (χ3n) is 5.53. The predicted molar refractivity (Wildman–Crippen MR) is 138 cm³/mol. The number of benzene rings is 3. The van der Waals surface area contributed by atoms with Crippen LogP contribution in [-0.4, -0.2) is 51.1 Å². The van der Waals surface area contributed by atoms with Crippen molar-refractivity contribution in [2.24, 2.45) is 0 Å². The molecule has 3 aromatic rings. The lowest BCUT2D eigenvalue weighted by molar-refractivity contribution is 0.324. The van der Waals surface area contributed by atoms with Gasteiger partial charge in [0.25, 0.3) is 0 Å². The minimum Gasteiger partial charge on any atom is -0.497 e. The number of hydrogen-bond donors (Lipinski definition) is 0. The Morgan fingerprint density at radius 3 is 1.83 bits per heavy atom. The molecule has 0 aliphatic heterocycles. The van der Waals surface area contributed by atoms with Gasteiger partial charge in [0.05, 0.1) is 53.3 Å². The Hall–Kier alpha value is -3.85. The van der Waals surface area contributed by atoms with Gasteiger partial charge >= 0.3 is 0 Å². The molecule has 0 radical (unpaired) electrons. The molecule has 9 heteroatoms. The largest absolute Gasteiger partial charge is 0.497 e. The Morgan fingerprint density at radius 1 is 0.667 bits per heavy atom. The molecule has 0 saturated carbocycles. The molecule has 3 rings (SSSR count). The summed E-state index contributed by atoms with van der Waals surface area (Å²) >= 11 is 0. The van der Waals surface area contributed by atoms with E-state index in [2.05, 4.69) is 0 Å². The molecular weight excluding hydrogens is 484 g/mol. The topological polar surface area (TPSA) is 89.5 Å². The Morgan fingerprint density at radius 2 is 1.28 bits per heavy atom. The fourth-order valence-electron chi connectivity index (χ4n) is 3.68. The van der Waals surface area contributed by atoms with E-state index in [1.807, 2.05) is 6.08 Å². The lowest BCUT2D eigenvalue weighted by Gasteiger charge is -2.15. The standard InChI is InChI=1S/C27H30O8S/c1-30-21-8-7-9-22(16-21)36(28,29)17-20-15-24(32-3)23(31-2)14-19(20)11-10-18-12-25(33-4)27(35-6)26(13-18)34-5/h7-16H,17H2,1-6H3/b11-10-. The van der Waals surface area contributed by atoms with Gasteiger partial charge in [-0.15, -0.1) is 0 Å². The SMILES string of the molecule is COc1cccc(S(=O)(=O)Cc2cc(OC)c(OC)cc2/C=C\c2cc(OC)c(OC)c(OC)c2)c1. The van der Waals surface area contributed by atoms with Crippen LogP contribution in [0, 0.1) is 0 Å². The monoisotopic (exact) mass is 514 g/mol. The molecule has 192 valence electrons. The molecular formula is C27H30O8S. The normalized spacial score (nSPS) is 11.3. The van der Waals surface area contributed by atoms with Gasteiger partial charge in [0.15, 0.2) is 32.8 Å². The van der Waals surface area contributed by atoms with Gasteiger partial charge in [-0.1, -0.05) is 18.2 Å². The molecule has 0 saturated heterocycles. The molecule has 8 nitrogen and oxygen atoms in total. The summed E-state index contributed by atoms with van der Waals surface area (Å²) in [7, 11) is 5.45. The average Bonchev–Trinajstić information content (AvgIpc) is 2.91. The van der Waals surface area contributed by atoms with Crippen molar-refractivity contribution in [3.63, 3.8) is 0 Å². The number of methoxy groups -OCH3 is 6. The zero-order chi connectivity index (χ0) is 26.3. The van der Waals surface area contributed by atoms with E-state index in [1.165, 1.54) is 34.5 Å². The van der Waals surface area contributed by atoms with Crippen LogP contribution in [0.2, 0.25) is 0 Å². The fourth-order valence-corrected chi connectivity index (χ4v) is 5.09. The van der Waals surface area contributed by atoms with E-state index in [9.17, 15) is 8.42 Å². The van der Waals surface area contributed by atoms with Crippen molar-refractivity contribution >= 4 is 22.0 Å². The molecule has 0 amide bonds. The summed E-state index contributed by atoms with van der Waals surface area (Å²) in [5.41, 5.74) is 1.95. The third kappa shape index (κ3) is 5.85. The summed E-state index contributed by atoms with van der Waals surface area (Å²) in [5, 5.41) is 0. The van der Waals surface area contributed by atoms with Gasteiger partial charge in [0.1, 0.15) is 5.75 Å². The van der Waals surface area contributed by atoms with Gasteiger partial charge in [0.2, 0.25) is 5.75 Å². The number of ether oxygens (including phenoxy) is 6. The molecule has 0 aliphatic rings. The Balaban J connectivity index is 2.08. The minimum absolute atomic E-state index is 0.163. The molecule has 0 spiro atoms. The van der Waals surface area contributed by atoms with E-state index in [-0.39, 0.29) is 10.6 Å². The van der Waals surface area contributed by atoms with Crippen molar-refractivity contribution in [1.29, 1.82) is 0 Å². The predicted octanol–water partition coefficient (Wildman–Crippen LogP) is 4.88. The van der Waals surface area contributed by atoms with Crippen molar-refractivity contribution in [3.05, 3.63) is 65.2 Å². The van der Waals surface area contributed by atoms with Gasteiger partial charge in [-0.25, -0.2) is 8.42 Å². The molecule has 0 heterocycles. The summed E-state index contributed by atoms with van der Waals surface area (Å²) in [6.07, 6.45) is 3.63. The van der Waals surface area contributed by atoms with Gasteiger partial charge < -0.3 is 28.4 Å². The van der Waals surface area contributed by atoms with E-state index in [1.54, 1.807) is 62.8 Å². The van der Waals surface area contributed by atoms with Crippen LogP contribution < -0.4 is 28.4 Å². The smallest absolute Gasteiger partial charge is 0.203 e. The van der Waals surface area contributed by atoms with Crippen molar-refractivity contribution < 1.29 is 36.8 Å². The lowest BCUT2D eigenvalue weighted by atomic mass is 10.1. The minimum atomic E-state index is -3.69. The second kappa shape index (κ2) is 11.7. The third-order valence-corrected chi connectivity index (χ3v) is 7.20. The molecule has 0 aromatic heterocycles. The highest BCUT2D eigenvalue weighted by Crippen LogP contribution is 2.39. The summed E-state index contributed by atoms with van der Waals surface area (Å²) in [4.78, 5) is 0.163. The van der Waals surface area contributed by atoms with Crippen molar-refractivity contribution in [3.8, 4) is 34.5 Å². The first-order valence-electron chi connectivity index (χ1n) is 10.9. The van der Waals surface area contributed by atoms with Crippen molar-refractivity contribution in [2.75, 3.05) is 42.7 Å². The maximum atomic E-state index is 13.3. The average molecular weight is 515 g/mol. The highest BCUT2D eigenvalue weighted by molar-refractivity contribution is 7.90. The van der Waals surface area contributed by atoms with Crippen LogP contribution in [0.25, 0.3) is 12.2 Å². The lowest BCUT2D eigenvalue weighted by Crippen LogP contribution is -2.07. The Kier molecular flexibility index (Phi) is 8.71. The fraction of sp³-hybridized carbons (Fsp3) is 0.259. The van der Waals surface area contributed by atoms with E-state index < -0.39 is 9.84 Å². The number of sulfone groups is 1. The van der Waals surface area contributed by atoms with Crippen LogP contribution in [0.3, 0.4) is 0 Å². The molecule has 0 atom stereocenters. The summed E-state index contributed by atoms with van der Waals surface area (Å²) in [6.45, 7) is 0. The van der Waals surface area contributed by atoms with E-state index in [4.69, 9.17) is 28.4 Å². The molecule has 0 bridgehead atoms. The van der Waals surface area contributed by atoms with Gasteiger partial charge in [-0.05, 0) is 59.2 Å². The van der Waals surface area contributed by atoms with E-state index >= 15 is 0 Å². The molecule has 36 heavy (non-hydrogen) atoms. The Bertz CT molecular complexity index is 1320. The maximum absolute atomic E-state index is 13.3. The zero-order valence-electron chi connectivity index (χ0n) is 21.2. The number of hydrogen-bond acceptors (Lipinski definition) is 8. The quantitative estimate of drug-likeness (QED) is 0.335. The van der Waals surface area contributed by atoms with Gasteiger partial charge in [-0.3, -0.25) is 0 Å². The Labute approximate surface area is 211 Å². The van der Waals surface area contributed by atoms with Gasteiger partial charge in [0, 0.05) is 0 Å². The van der Waals surface area contributed by atoms with Crippen LogP contribution in [0.1, 0.15) is 16.7 Å². The first-order valence-corrected chi connectivity index (χ1v) is 12.5. The summed E-state index contributed by atoms with van der Waals surface area (Å²) in [6, 6.07) is 13.4. The van der Waals surface area contributed by atoms with Crippen LogP contribution in [0.5, 0.6) is 34.5 Å². The zero-order valence-corrected chi connectivity index (χ0v) is 22.0. The first-order chi connectivity index (χ1) is 17.3. The summed E-state index contributed by atoms with van der Waals surface area (Å²) < 4.78 is 58.9.